The summed E-state index contributed by atoms with van der Waals surface area (Å²) >= 11 is 0. The van der Waals surface area contributed by atoms with E-state index in [0.717, 1.165) is 32.1 Å². The van der Waals surface area contributed by atoms with Crippen LogP contribution in [0.25, 0.3) is 0 Å². The van der Waals surface area contributed by atoms with E-state index in [1.165, 1.54) is 51.4 Å². The molecule has 2 nitrogen and oxygen atoms in total. The standard InChI is InChI=1S/C24H40O2/c1-2-3-4-5-6-7-8-9-10-11-12-13-14-15-16-17-18-19-20-21-22-23-24(25)26/h6-7,9-10,15-16,19-20H,2-5,8,11-14,17-18,21-23H2,1H3,(H,25,26). The molecule has 0 rings (SSSR count). The third-order valence-electron chi connectivity index (χ3n) is 4.17. The summed E-state index contributed by atoms with van der Waals surface area (Å²) < 4.78 is 0. The molecule has 0 aromatic rings. The predicted molar refractivity (Wildman–Crippen MR) is 115 cm³/mol. The van der Waals surface area contributed by atoms with Gasteiger partial charge in [0.05, 0.1) is 0 Å². The molecule has 0 fully saturated rings. The molecule has 0 aliphatic heterocycles. The van der Waals surface area contributed by atoms with Crippen molar-refractivity contribution in [3.8, 4) is 0 Å². The molecule has 0 saturated carbocycles. The topological polar surface area (TPSA) is 37.3 Å². The molecule has 0 unspecified atom stereocenters. The Hall–Kier alpha value is -1.57. The molecular formula is C24H40O2. The number of carbonyl (C=O) groups is 1. The van der Waals surface area contributed by atoms with Crippen molar-refractivity contribution in [3.63, 3.8) is 0 Å². The fraction of sp³-hybridized carbons (Fsp3) is 0.625. The van der Waals surface area contributed by atoms with Crippen LogP contribution in [0.15, 0.2) is 48.6 Å². The first kappa shape index (κ1) is 24.4. The van der Waals surface area contributed by atoms with Crippen LogP contribution in [0, 0.1) is 0 Å². The lowest BCUT2D eigenvalue weighted by Gasteiger charge is -1.94. The summed E-state index contributed by atoms with van der Waals surface area (Å²) in [5, 5.41) is 8.53. The zero-order chi connectivity index (χ0) is 19.1. The maximum Gasteiger partial charge on any atom is 0.303 e. The van der Waals surface area contributed by atoms with Crippen molar-refractivity contribution in [2.45, 2.75) is 96.8 Å². The second kappa shape index (κ2) is 21.5. The van der Waals surface area contributed by atoms with Crippen LogP contribution in [-0.4, -0.2) is 11.1 Å². The molecular weight excluding hydrogens is 320 g/mol. The van der Waals surface area contributed by atoms with Gasteiger partial charge in [-0.05, 0) is 70.6 Å². The van der Waals surface area contributed by atoms with Gasteiger partial charge >= 0.3 is 5.97 Å². The summed E-state index contributed by atoms with van der Waals surface area (Å²) in [5.74, 6) is -0.702. The number of aliphatic carboxylic acids is 1. The van der Waals surface area contributed by atoms with E-state index in [-0.39, 0.29) is 6.42 Å². The second-order valence-corrected chi connectivity index (χ2v) is 6.76. The van der Waals surface area contributed by atoms with Crippen molar-refractivity contribution in [2.75, 3.05) is 0 Å². The zero-order valence-electron chi connectivity index (χ0n) is 16.9. The van der Waals surface area contributed by atoms with E-state index in [1.54, 1.807) is 0 Å². The quantitative estimate of drug-likeness (QED) is 0.200. The van der Waals surface area contributed by atoms with E-state index in [1.807, 2.05) is 0 Å². The number of allylic oxidation sites excluding steroid dienone is 8. The Labute approximate surface area is 161 Å². The molecule has 2 heteroatoms. The predicted octanol–water partition coefficient (Wildman–Crippen LogP) is 7.78. The Morgan fingerprint density at radius 1 is 0.615 bits per heavy atom. The van der Waals surface area contributed by atoms with Crippen LogP contribution in [-0.2, 0) is 4.79 Å². The van der Waals surface area contributed by atoms with Gasteiger partial charge in [0.2, 0.25) is 0 Å². The lowest BCUT2D eigenvalue weighted by atomic mass is 10.1. The van der Waals surface area contributed by atoms with E-state index < -0.39 is 5.97 Å². The first-order valence-electron chi connectivity index (χ1n) is 10.6. The molecule has 0 aliphatic rings. The Morgan fingerprint density at radius 3 is 1.54 bits per heavy atom. The SMILES string of the molecule is CCCCCC=CCC=CCCCCC=CCCC=CCCCC(=O)O. The summed E-state index contributed by atoms with van der Waals surface area (Å²) in [6.07, 6.45) is 33.2. The van der Waals surface area contributed by atoms with Gasteiger partial charge in [-0.25, -0.2) is 0 Å². The summed E-state index contributed by atoms with van der Waals surface area (Å²) in [6, 6.07) is 0. The Kier molecular flexibility index (Phi) is 20.2. The summed E-state index contributed by atoms with van der Waals surface area (Å²) in [7, 11) is 0. The molecule has 148 valence electrons. The van der Waals surface area contributed by atoms with Gasteiger partial charge in [0, 0.05) is 6.42 Å². The minimum absolute atomic E-state index is 0.273. The molecule has 0 aromatic heterocycles. The van der Waals surface area contributed by atoms with Crippen LogP contribution < -0.4 is 0 Å². The van der Waals surface area contributed by atoms with Crippen molar-refractivity contribution >= 4 is 5.97 Å². The molecule has 0 aromatic carbocycles. The number of unbranched alkanes of at least 4 members (excludes halogenated alkanes) is 8. The molecule has 0 amide bonds. The number of hydrogen-bond acceptors (Lipinski definition) is 1. The van der Waals surface area contributed by atoms with Gasteiger partial charge in [0.15, 0.2) is 0 Å². The molecule has 26 heavy (non-hydrogen) atoms. The van der Waals surface area contributed by atoms with Gasteiger partial charge in [-0.3, -0.25) is 4.79 Å². The van der Waals surface area contributed by atoms with Crippen molar-refractivity contribution in [1.82, 2.24) is 0 Å². The molecule has 0 saturated heterocycles. The molecule has 1 N–H and O–H groups in total. The van der Waals surface area contributed by atoms with Gasteiger partial charge in [-0.2, -0.15) is 0 Å². The average Bonchev–Trinajstić information content (AvgIpc) is 2.62. The van der Waals surface area contributed by atoms with Crippen LogP contribution in [0.5, 0.6) is 0 Å². The van der Waals surface area contributed by atoms with Gasteiger partial charge in [-0.15, -0.1) is 0 Å². The molecule has 0 radical (unpaired) electrons. The van der Waals surface area contributed by atoms with Gasteiger partial charge < -0.3 is 5.11 Å². The van der Waals surface area contributed by atoms with Crippen LogP contribution >= 0.6 is 0 Å². The highest BCUT2D eigenvalue weighted by Crippen LogP contribution is 2.05. The minimum atomic E-state index is -0.702. The highest BCUT2D eigenvalue weighted by molar-refractivity contribution is 5.66. The zero-order valence-corrected chi connectivity index (χ0v) is 16.9. The largest absolute Gasteiger partial charge is 0.481 e. The van der Waals surface area contributed by atoms with E-state index in [4.69, 9.17) is 5.11 Å². The van der Waals surface area contributed by atoms with Crippen molar-refractivity contribution < 1.29 is 9.90 Å². The van der Waals surface area contributed by atoms with Crippen LogP contribution in [0.3, 0.4) is 0 Å². The van der Waals surface area contributed by atoms with Crippen LogP contribution in [0.4, 0.5) is 0 Å². The third kappa shape index (κ3) is 22.4. The fourth-order valence-corrected chi connectivity index (χ4v) is 2.58. The molecule has 0 atom stereocenters. The average molecular weight is 361 g/mol. The normalized spacial score (nSPS) is 12.3. The highest BCUT2D eigenvalue weighted by atomic mass is 16.4. The van der Waals surface area contributed by atoms with Crippen LogP contribution in [0.1, 0.15) is 96.8 Å². The van der Waals surface area contributed by atoms with Crippen LogP contribution in [0.2, 0.25) is 0 Å². The highest BCUT2D eigenvalue weighted by Gasteiger charge is 1.92. The van der Waals surface area contributed by atoms with E-state index in [9.17, 15) is 4.79 Å². The lowest BCUT2D eigenvalue weighted by Crippen LogP contribution is -1.92. The number of carboxylic acid groups (broad SMARTS) is 1. The van der Waals surface area contributed by atoms with Crippen molar-refractivity contribution in [1.29, 1.82) is 0 Å². The number of hydrogen-bond donors (Lipinski definition) is 1. The monoisotopic (exact) mass is 360 g/mol. The van der Waals surface area contributed by atoms with Gasteiger partial charge in [-0.1, -0.05) is 68.4 Å². The van der Waals surface area contributed by atoms with Gasteiger partial charge in [0.1, 0.15) is 0 Å². The molecule has 0 aliphatic carbocycles. The first-order chi connectivity index (χ1) is 12.8. The summed E-state index contributed by atoms with van der Waals surface area (Å²) in [6.45, 7) is 2.25. The van der Waals surface area contributed by atoms with Crippen molar-refractivity contribution in [2.24, 2.45) is 0 Å². The number of rotatable bonds is 18. The van der Waals surface area contributed by atoms with E-state index >= 15 is 0 Å². The Balaban J connectivity index is 3.31. The maximum absolute atomic E-state index is 10.4. The lowest BCUT2D eigenvalue weighted by molar-refractivity contribution is -0.137. The Bertz CT molecular complexity index is 416. The molecule has 0 bridgehead atoms. The van der Waals surface area contributed by atoms with Crippen molar-refractivity contribution in [3.05, 3.63) is 48.6 Å². The smallest absolute Gasteiger partial charge is 0.303 e. The Morgan fingerprint density at radius 2 is 1.04 bits per heavy atom. The summed E-state index contributed by atoms with van der Waals surface area (Å²) in [4.78, 5) is 10.4. The molecule has 0 heterocycles. The maximum atomic E-state index is 10.4. The third-order valence-corrected chi connectivity index (χ3v) is 4.17. The second-order valence-electron chi connectivity index (χ2n) is 6.76. The number of carboxylic acids is 1. The molecule has 0 spiro atoms. The van der Waals surface area contributed by atoms with E-state index in [0.29, 0.717) is 0 Å². The minimum Gasteiger partial charge on any atom is -0.481 e. The summed E-state index contributed by atoms with van der Waals surface area (Å²) in [5.41, 5.74) is 0. The van der Waals surface area contributed by atoms with E-state index in [2.05, 4.69) is 55.5 Å². The first-order valence-corrected chi connectivity index (χ1v) is 10.6. The fourth-order valence-electron chi connectivity index (χ4n) is 2.58. The van der Waals surface area contributed by atoms with Gasteiger partial charge in [0.25, 0.3) is 0 Å².